The molecule has 3 saturated heterocycles. The van der Waals surface area contributed by atoms with Crippen LogP contribution in [-0.2, 0) is 29.9 Å². The van der Waals surface area contributed by atoms with Gasteiger partial charge >= 0.3 is 11.9 Å². The van der Waals surface area contributed by atoms with Crippen molar-refractivity contribution < 1.29 is 28.9 Å². The van der Waals surface area contributed by atoms with Gasteiger partial charge in [0.25, 0.3) is 0 Å². The van der Waals surface area contributed by atoms with Gasteiger partial charge in [-0.05, 0) is 61.8 Å². The molecule has 2 aromatic carbocycles. The number of carbonyl (C=O) groups excluding carboxylic acids is 2. The first kappa shape index (κ1) is 31.4. The molecule has 0 unspecified atom stereocenters. The maximum absolute atomic E-state index is 13.6. The second-order valence-corrected chi connectivity index (χ2v) is 16.8. The Hall–Kier alpha value is -4.12. The molecular weight excluding hydrogens is 656 g/mol. The average molecular weight is 703 g/mol. The van der Waals surface area contributed by atoms with Gasteiger partial charge in [-0.1, -0.05) is 44.2 Å². The van der Waals surface area contributed by atoms with E-state index < -0.39 is 23.0 Å². The molecule has 10 nitrogen and oxygen atoms in total. The molecule has 0 radical (unpaired) electrons. The third-order valence-corrected chi connectivity index (χ3v) is 15.5. The summed E-state index contributed by atoms with van der Waals surface area (Å²) in [6.45, 7) is 7.07. The lowest BCUT2D eigenvalue weighted by Gasteiger charge is -2.60. The van der Waals surface area contributed by atoms with Gasteiger partial charge < -0.3 is 30.0 Å². The number of nitrogens with one attached hydrogen (secondary N) is 2. The topological polar surface area (TPSA) is 113 Å². The van der Waals surface area contributed by atoms with Crippen LogP contribution in [0.3, 0.4) is 0 Å². The van der Waals surface area contributed by atoms with E-state index in [1.165, 1.54) is 25.3 Å². The summed E-state index contributed by atoms with van der Waals surface area (Å²) in [6, 6.07) is 12.9. The van der Waals surface area contributed by atoms with Crippen molar-refractivity contribution in [2.75, 3.05) is 44.5 Å². The molecule has 9 aliphatic rings. The summed E-state index contributed by atoms with van der Waals surface area (Å²) in [7, 11) is 2.94. The van der Waals surface area contributed by atoms with Crippen LogP contribution in [0.25, 0.3) is 0 Å². The highest BCUT2D eigenvalue weighted by Gasteiger charge is 2.73. The minimum Gasteiger partial charge on any atom is -0.485 e. The van der Waals surface area contributed by atoms with E-state index in [9.17, 15) is 14.7 Å². The quantitative estimate of drug-likeness (QED) is 0.295. The normalized spacial score (nSPS) is 39.6. The number of fused-ring (bicyclic) bond motifs is 6. The van der Waals surface area contributed by atoms with E-state index in [-0.39, 0.29) is 40.9 Å². The Morgan fingerprint density at radius 1 is 0.904 bits per heavy atom. The van der Waals surface area contributed by atoms with Crippen molar-refractivity contribution in [1.82, 2.24) is 9.80 Å². The number of benzene rings is 2. The third kappa shape index (κ3) is 3.28. The van der Waals surface area contributed by atoms with Gasteiger partial charge in [-0.2, -0.15) is 0 Å². The highest BCUT2D eigenvalue weighted by Crippen LogP contribution is 2.70. The van der Waals surface area contributed by atoms with Crippen molar-refractivity contribution in [2.24, 2.45) is 10.8 Å². The van der Waals surface area contributed by atoms with E-state index in [0.717, 1.165) is 78.6 Å². The largest absolute Gasteiger partial charge is 0.485 e. The van der Waals surface area contributed by atoms with Crippen molar-refractivity contribution in [3.8, 4) is 5.75 Å². The minimum atomic E-state index is -0.824. The van der Waals surface area contributed by atoms with E-state index in [1.54, 1.807) is 0 Å². The number of hydrogen-bond donors (Lipinski definition) is 3. The second-order valence-electron chi connectivity index (χ2n) is 16.8. The lowest BCUT2D eigenvalue weighted by molar-refractivity contribution is -0.168. The molecule has 52 heavy (non-hydrogen) atoms. The number of anilines is 2. The maximum Gasteiger partial charge on any atom is 0.335 e. The summed E-state index contributed by atoms with van der Waals surface area (Å²) < 4.78 is 17.8. The number of piperidine rings is 1. The predicted molar refractivity (Wildman–Crippen MR) is 194 cm³/mol. The summed E-state index contributed by atoms with van der Waals surface area (Å²) in [4.78, 5) is 32.4. The number of methoxy groups -OCH3 is 2. The summed E-state index contributed by atoms with van der Waals surface area (Å²) in [6.07, 6.45) is 7.77. The smallest absolute Gasteiger partial charge is 0.335 e. The first-order valence-electron chi connectivity index (χ1n) is 19.2. The number of para-hydroxylation sites is 1. The SMILES string of the molecule is CC[C@]12C=CCN3CC[C@]4(C(=C(C(=O)OC)C1)Nc1cc5c(cc14)[C@@H]1[C@H](O5)[C@@H](O)[C@@]4(CC)CC(C(=O)OC)=C5Nc6ccccc6[C@@]56CCN1[C@@H]46)[C@@H]32. The molecular formula is C42H46N4O6. The molecule has 9 atom stereocenters. The van der Waals surface area contributed by atoms with Gasteiger partial charge in [0.15, 0.2) is 0 Å². The zero-order valence-electron chi connectivity index (χ0n) is 30.3. The van der Waals surface area contributed by atoms with E-state index in [0.29, 0.717) is 24.8 Å². The standard InChI is InChI=1S/C42H46N4O6/c1-5-39-12-9-15-45-16-13-42(37(39)45)26-18-22-29(19-28(26)44-32(42)23(20-39)35(48)50-3)52-31-30(22)46-17-14-41-25-10-7-8-11-27(25)43-33(41)24(36(49)51-4)21-40(6-2,34(31)47)38(41)46/h7-12,18-19,30-31,34,37-38,43-44,47H,5-6,13-17,20-21H2,1-4H3/t30-,31+,34-,37+,38+,39+,40-,41+,42+/m1/s1. The Morgan fingerprint density at radius 2 is 1.62 bits per heavy atom. The fourth-order valence-corrected chi connectivity index (χ4v) is 13.6. The van der Waals surface area contributed by atoms with Crippen LogP contribution in [0.1, 0.15) is 75.1 Å². The van der Waals surface area contributed by atoms with E-state index in [4.69, 9.17) is 14.2 Å². The van der Waals surface area contributed by atoms with Crippen molar-refractivity contribution in [1.29, 1.82) is 0 Å². The molecule has 7 aliphatic heterocycles. The van der Waals surface area contributed by atoms with Crippen LogP contribution >= 0.6 is 0 Å². The molecule has 0 bridgehead atoms. The van der Waals surface area contributed by atoms with Crippen LogP contribution < -0.4 is 15.4 Å². The van der Waals surface area contributed by atoms with E-state index in [2.05, 4.69) is 76.8 Å². The number of hydrogen-bond acceptors (Lipinski definition) is 10. The van der Waals surface area contributed by atoms with Crippen molar-refractivity contribution in [3.63, 3.8) is 0 Å². The molecule has 0 aromatic heterocycles. The number of carbonyl (C=O) groups is 2. The molecule has 0 saturated carbocycles. The van der Waals surface area contributed by atoms with Crippen LogP contribution in [0, 0.1) is 10.8 Å². The van der Waals surface area contributed by atoms with Gasteiger partial charge in [-0.25, -0.2) is 9.59 Å². The molecule has 11 rings (SSSR count). The van der Waals surface area contributed by atoms with Gasteiger partial charge in [0, 0.05) is 76.9 Å². The van der Waals surface area contributed by atoms with Gasteiger partial charge in [0.2, 0.25) is 0 Å². The lowest BCUT2D eigenvalue weighted by atomic mass is 9.51. The molecule has 3 fully saturated rings. The van der Waals surface area contributed by atoms with Crippen molar-refractivity contribution >= 4 is 23.3 Å². The molecule has 270 valence electrons. The van der Waals surface area contributed by atoms with Gasteiger partial charge in [-0.3, -0.25) is 9.80 Å². The number of rotatable bonds is 4. The van der Waals surface area contributed by atoms with Crippen LogP contribution in [0.15, 0.2) is 71.1 Å². The predicted octanol–water partition coefficient (Wildman–Crippen LogP) is 5.06. The van der Waals surface area contributed by atoms with E-state index >= 15 is 0 Å². The highest BCUT2D eigenvalue weighted by molar-refractivity contribution is 5.94. The molecule has 7 heterocycles. The monoisotopic (exact) mass is 702 g/mol. The fourth-order valence-electron chi connectivity index (χ4n) is 13.6. The lowest BCUT2D eigenvalue weighted by Crippen LogP contribution is -2.69. The molecule has 0 amide bonds. The fraction of sp³-hybridized carbons (Fsp3) is 0.524. The third-order valence-electron chi connectivity index (χ3n) is 15.5. The van der Waals surface area contributed by atoms with Crippen LogP contribution in [0.2, 0.25) is 0 Å². The van der Waals surface area contributed by atoms with Crippen LogP contribution in [-0.4, -0.2) is 85.0 Å². The summed E-state index contributed by atoms with van der Waals surface area (Å²) in [5.74, 6) is 0.196. The summed E-state index contributed by atoms with van der Waals surface area (Å²) in [5, 5.41) is 20.3. The van der Waals surface area contributed by atoms with Crippen molar-refractivity contribution in [2.45, 2.75) is 93.5 Å². The summed E-state index contributed by atoms with van der Waals surface area (Å²) >= 11 is 0. The van der Waals surface area contributed by atoms with Crippen molar-refractivity contribution in [3.05, 3.63) is 87.8 Å². The van der Waals surface area contributed by atoms with Gasteiger partial charge in [0.05, 0.1) is 42.2 Å². The van der Waals surface area contributed by atoms with E-state index in [1.807, 2.05) is 6.07 Å². The second kappa shape index (κ2) is 10.1. The molecule has 3 N–H and O–H groups in total. The Labute approximate surface area is 303 Å². The first-order valence-corrected chi connectivity index (χ1v) is 19.2. The maximum atomic E-state index is 13.6. The molecule has 10 heteroatoms. The number of nitrogens with zero attached hydrogens (tertiary/aromatic N) is 2. The molecule has 2 aliphatic carbocycles. The van der Waals surface area contributed by atoms with Crippen LogP contribution in [0.4, 0.5) is 11.4 Å². The Balaban J connectivity index is 1.10. The molecule has 2 aromatic rings. The highest BCUT2D eigenvalue weighted by atomic mass is 16.5. The Morgan fingerprint density at radius 3 is 2.37 bits per heavy atom. The number of esters is 2. The molecule has 2 spiro atoms. The number of aliphatic hydroxyl groups excluding tert-OH is 1. The van der Waals surface area contributed by atoms with Crippen LogP contribution in [0.5, 0.6) is 5.75 Å². The number of ether oxygens (including phenoxy) is 3. The van der Waals surface area contributed by atoms with Gasteiger partial charge in [0.1, 0.15) is 18.0 Å². The zero-order chi connectivity index (χ0) is 35.5. The first-order chi connectivity index (χ1) is 25.2. The zero-order valence-corrected chi connectivity index (χ0v) is 30.3. The minimum absolute atomic E-state index is 0.0610. The Bertz CT molecular complexity index is 2110. The Kier molecular flexibility index (Phi) is 6.10. The van der Waals surface area contributed by atoms with Gasteiger partial charge in [-0.15, -0.1) is 0 Å². The average Bonchev–Trinajstić information content (AvgIpc) is 3.99. The number of aliphatic hydroxyl groups is 1. The summed E-state index contributed by atoms with van der Waals surface area (Å²) in [5.41, 5.74) is 7.18.